The van der Waals surface area contributed by atoms with Crippen LogP contribution in [0.4, 0.5) is 5.69 Å². The number of nitro groups is 1. The Bertz CT molecular complexity index is 496. The van der Waals surface area contributed by atoms with Gasteiger partial charge in [0.25, 0.3) is 0 Å². The highest BCUT2D eigenvalue weighted by Gasteiger charge is 2.14. The Morgan fingerprint density at radius 1 is 1.71 bits per heavy atom. The van der Waals surface area contributed by atoms with Crippen LogP contribution in [0.15, 0.2) is 17.2 Å². The SMILES string of the molecule is CC(CCC(=O)O)n1cc([N+](=O)[O-])cnc1=O. The molecule has 1 N–H and O–H groups in total. The van der Waals surface area contributed by atoms with Gasteiger partial charge in [-0.05, 0) is 13.3 Å². The van der Waals surface area contributed by atoms with E-state index in [1.807, 2.05) is 0 Å². The van der Waals surface area contributed by atoms with Gasteiger partial charge in [-0.3, -0.25) is 19.5 Å². The Balaban J connectivity index is 2.95. The molecule has 8 heteroatoms. The lowest BCUT2D eigenvalue weighted by Gasteiger charge is -2.12. The van der Waals surface area contributed by atoms with E-state index in [2.05, 4.69) is 4.98 Å². The molecule has 1 unspecified atom stereocenters. The van der Waals surface area contributed by atoms with E-state index < -0.39 is 22.6 Å². The van der Waals surface area contributed by atoms with Crippen molar-refractivity contribution >= 4 is 11.7 Å². The normalized spacial score (nSPS) is 12.1. The highest BCUT2D eigenvalue weighted by Crippen LogP contribution is 2.13. The number of hydrogen-bond acceptors (Lipinski definition) is 5. The molecule has 0 bridgehead atoms. The van der Waals surface area contributed by atoms with Gasteiger partial charge in [0, 0.05) is 12.5 Å². The molecule has 0 aliphatic carbocycles. The molecular formula is C9H11N3O5. The number of aromatic nitrogens is 2. The van der Waals surface area contributed by atoms with Crippen LogP contribution in [0.25, 0.3) is 0 Å². The smallest absolute Gasteiger partial charge is 0.348 e. The molecule has 1 atom stereocenters. The highest BCUT2D eigenvalue weighted by atomic mass is 16.6. The van der Waals surface area contributed by atoms with Crippen LogP contribution in [0.2, 0.25) is 0 Å². The lowest BCUT2D eigenvalue weighted by atomic mass is 10.2. The third kappa shape index (κ3) is 3.37. The predicted octanol–water partition coefficient (Wildman–Crippen LogP) is 0.577. The molecule has 0 saturated heterocycles. The van der Waals surface area contributed by atoms with Crippen LogP contribution in [-0.4, -0.2) is 25.6 Å². The van der Waals surface area contributed by atoms with E-state index >= 15 is 0 Å². The van der Waals surface area contributed by atoms with Gasteiger partial charge in [-0.25, -0.2) is 4.79 Å². The van der Waals surface area contributed by atoms with Crippen molar-refractivity contribution in [2.45, 2.75) is 25.8 Å². The summed E-state index contributed by atoms with van der Waals surface area (Å²) in [6.07, 6.45) is 2.04. The average molecular weight is 241 g/mol. The molecule has 0 amide bonds. The van der Waals surface area contributed by atoms with Crippen LogP contribution in [-0.2, 0) is 4.79 Å². The van der Waals surface area contributed by atoms with Gasteiger partial charge in [0.15, 0.2) is 0 Å². The Morgan fingerprint density at radius 2 is 2.35 bits per heavy atom. The summed E-state index contributed by atoms with van der Waals surface area (Å²) in [4.78, 5) is 35.0. The number of nitrogens with zero attached hydrogens (tertiary/aromatic N) is 3. The van der Waals surface area contributed by atoms with Gasteiger partial charge in [0.1, 0.15) is 6.20 Å². The summed E-state index contributed by atoms with van der Waals surface area (Å²) in [6.45, 7) is 1.61. The number of carboxylic acids is 1. The molecule has 1 heterocycles. The molecule has 92 valence electrons. The number of aliphatic carboxylic acids is 1. The van der Waals surface area contributed by atoms with Crippen LogP contribution >= 0.6 is 0 Å². The number of carbonyl (C=O) groups is 1. The third-order valence-electron chi connectivity index (χ3n) is 2.26. The standard InChI is InChI=1S/C9H11N3O5/c1-6(2-3-8(13)14)11-5-7(12(16)17)4-10-9(11)15/h4-6H,2-3H2,1H3,(H,13,14). The van der Waals surface area contributed by atoms with Gasteiger partial charge in [0.05, 0.1) is 11.1 Å². The van der Waals surface area contributed by atoms with Crippen molar-refractivity contribution in [1.82, 2.24) is 9.55 Å². The molecule has 1 rings (SSSR count). The van der Waals surface area contributed by atoms with E-state index in [-0.39, 0.29) is 18.5 Å². The molecule has 8 nitrogen and oxygen atoms in total. The topological polar surface area (TPSA) is 115 Å². The lowest BCUT2D eigenvalue weighted by molar-refractivity contribution is -0.385. The minimum Gasteiger partial charge on any atom is -0.481 e. The summed E-state index contributed by atoms with van der Waals surface area (Å²) in [7, 11) is 0. The largest absolute Gasteiger partial charge is 0.481 e. The Hall–Kier alpha value is -2.25. The van der Waals surface area contributed by atoms with Crippen LogP contribution in [0.5, 0.6) is 0 Å². The van der Waals surface area contributed by atoms with E-state index in [4.69, 9.17) is 5.11 Å². The fourth-order valence-corrected chi connectivity index (χ4v) is 1.30. The predicted molar refractivity (Wildman–Crippen MR) is 56.7 cm³/mol. The lowest BCUT2D eigenvalue weighted by Crippen LogP contribution is -2.25. The first kappa shape index (κ1) is 12.8. The minimum absolute atomic E-state index is 0.115. The van der Waals surface area contributed by atoms with E-state index in [0.717, 1.165) is 17.0 Å². The summed E-state index contributed by atoms with van der Waals surface area (Å²) in [5, 5.41) is 19.0. The maximum atomic E-state index is 11.4. The van der Waals surface area contributed by atoms with Gasteiger partial charge in [-0.1, -0.05) is 0 Å². The summed E-state index contributed by atoms with van der Waals surface area (Å²) in [5.41, 5.74) is -0.930. The Morgan fingerprint density at radius 3 is 2.88 bits per heavy atom. The van der Waals surface area contributed by atoms with Crippen molar-refractivity contribution in [3.8, 4) is 0 Å². The molecule has 0 radical (unpaired) electrons. The summed E-state index contributed by atoms with van der Waals surface area (Å²) in [5.74, 6) is -0.983. The first-order valence-corrected chi connectivity index (χ1v) is 4.86. The van der Waals surface area contributed by atoms with Gasteiger partial charge in [-0.2, -0.15) is 4.98 Å². The van der Waals surface area contributed by atoms with Crippen molar-refractivity contribution in [2.75, 3.05) is 0 Å². The molecular weight excluding hydrogens is 230 g/mol. The molecule has 0 spiro atoms. The molecule has 17 heavy (non-hydrogen) atoms. The molecule has 0 saturated carbocycles. The Kier molecular flexibility index (Phi) is 3.91. The number of rotatable bonds is 5. The summed E-state index contributed by atoms with van der Waals surface area (Å²) < 4.78 is 1.07. The van der Waals surface area contributed by atoms with Gasteiger partial charge in [0.2, 0.25) is 0 Å². The Labute approximate surface area is 95.7 Å². The molecule has 0 aliphatic rings. The fourth-order valence-electron chi connectivity index (χ4n) is 1.30. The average Bonchev–Trinajstić information content (AvgIpc) is 2.26. The third-order valence-corrected chi connectivity index (χ3v) is 2.26. The zero-order chi connectivity index (χ0) is 13.0. The monoisotopic (exact) mass is 241 g/mol. The van der Waals surface area contributed by atoms with E-state index in [1.165, 1.54) is 0 Å². The van der Waals surface area contributed by atoms with Crippen molar-refractivity contribution in [1.29, 1.82) is 0 Å². The molecule has 1 aromatic heterocycles. The quantitative estimate of drug-likeness (QED) is 0.595. The second kappa shape index (κ2) is 5.19. The van der Waals surface area contributed by atoms with Gasteiger partial charge < -0.3 is 5.11 Å². The first-order chi connectivity index (χ1) is 7.91. The van der Waals surface area contributed by atoms with Gasteiger partial charge in [-0.15, -0.1) is 0 Å². The molecule has 0 aromatic carbocycles. The second-order valence-electron chi connectivity index (χ2n) is 3.54. The number of hydrogen-bond donors (Lipinski definition) is 1. The molecule has 1 aromatic rings. The number of carboxylic acid groups (broad SMARTS) is 1. The maximum Gasteiger partial charge on any atom is 0.348 e. The summed E-state index contributed by atoms with van der Waals surface area (Å²) >= 11 is 0. The van der Waals surface area contributed by atoms with Crippen LogP contribution in [0.1, 0.15) is 25.8 Å². The molecule has 0 fully saturated rings. The zero-order valence-corrected chi connectivity index (χ0v) is 9.07. The maximum absolute atomic E-state index is 11.4. The molecule has 0 aliphatic heterocycles. The zero-order valence-electron chi connectivity index (χ0n) is 9.07. The van der Waals surface area contributed by atoms with Crippen molar-refractivity contribution in [3.05, 3.63) is 33.0 Å². The van der Waals surface area contributed by atoms with Crippen molar-refractivity contribution in [2.24, 2.45) is 0 Å². The highest BCUT2D eigenvalue weighted by molar-refractivity contribution is 5.66. The second-order valence-corrected chi connectivity index (χ2v) is 3.54. The van der Waals surface area contributed by atoms with E-state index in [1.54, 1.807) is 6.92 Å². The van der Waals surface area contributed by atoms with Crippen LogP contribution < -0.4 is 5.69 Å². The summed E-state index contributed by atoms with van der Waals surface area (Å²) in [6, 6.07) is -0.453. The van der Waals surface area contributed by atoms with Crippen LogP contribution in [0, 0.1) is 10.1 Å². The van der Waals surface area contributed by atoms with E-state index in [0.29, 0.717) is 0 Å². The van der Waals surface area contributed by atoms with Gasteiger partial charge >= 0.3 is 17.3 Å². The first-order valence-electron chi connectivity index (χ1n) is 4.86. The van der Waals surface area contributed by atoms with Crippen molar-refractivity contribution < 1.29 is 14.8 Å². The fraction of sp³-hybridized carbons (Fsp3) is 0.444. The van der Waals surface area contributed by atoms with Crippen LogP contribution in [0.3, 0.4) is 0 Å². The minimum atomic E-state index is -0.983. The van der Waals surface area contributed by atoms with E-state index in [9.17, 15) is 19.7 Å². The van der Waals surface area contributed by atoms with Crippen molar-refractivity contribution in [3.63, 3.8) is 0 Å².